The Morgan fingerprint density at radius 3 is 2.82 bits per heavy atom. The van der Waals surface area contributed by atoms with Crippen LogP contribution in [0.3, 0.4) is 0 Å². The van der Waals surface area contributed by atoms with Gasteiger partial charge in [0.15, 0.2) is 0 Å². The number of likely N-dealkylation sites (N-methyl/N-ethyl adjacent to an activating group) is 1. The summed E-state index contributed by atoms with van der Waals surface area (Å²) in [5.74, 6) is -0.473. The number of hydrogen-bond donors (Lipinski definition) is 1. The molecule has 0 aliphatic rings. The number of nitrogens with two attached hydrogens (primary N) is 1. The fourth-order valence-corrected chi connectivity index (χ4v) is 0.584. The molecular formula is C7H13FN2O. The molecule has 0 aromatic rings. The molecule has 0 saturated carbocycles. The molecule has 11 heavy (non-hydrogen) atoms. The van der Waals surface area contributed by atoms with Crippen molar-refractivity contribution in [2.75, 3.05) is 26.8 Å². The zero-order valence-corrected chi connectivity index (χ0v) is 6.59. The van der Waals surface area contributed by atoms with Gasteiger partial charge in [-0.2, -0.15) is 0 Å². The summed E-state index contributed by atoms with van der Waals surface area (Å²) in [5.41, 5.74) is 4.83. The molecule has 0 aliphatic heterocycles. The summed E-state index contributed by atoms with van der Waals surface area (Å²) in [4.78, 5) is 11.9. The van der Waals surface area contributed by atoms with Crippen molar-refractivity contribution in [2.45, 2.75) is 0 Å². The molecule has 3 nitrogen and oxygen atoms in total. The Labute approximate surface area is 65.7 Å². The van der Waals surface area contributed by atoms with Gasteiger partial charge in [-0.15, -0.1) is 0 Å². The van der Waals surface area contributed by atoms with E-state index in [-0.39, 0.29) is 6.67 Å². The third kappa shape index (κ3) is 6.99. The molecule has 0 heterocycles. The number of rotatable bonds is 5. The van der Waals surface area contributed by atoms with E-state index >= 15 is 0 Å². The summed E-state index contributed by atoms with van der Waals surface area (Å²) in [5, 5.41) is 0. The molecule has 2 N–H and O–H groups in total. The van der Waals surface area contributed by atoms with Crippen LogP contribution in [0.15, 0.2) is 12.2 Å². The van der Waals surface area contributed by atoms with E-state index in [1.165, 1.54) is 6.08 Å². The van der Waals surface area contributed by atoms with E-state index in [9.17, 15) is 9.18 Å². The van der Waals surface area contributed by atoms with Crippen molar-refractivity contribution in [1.29, 1.82) is 0 Å². The normalized spacial score (nSPS) is 11.2. The summed E-state index contributed by atoms with van der Waals surface area (Å²) < 4.78 is 11.7. The molecule has 0 rings (SSSR count). The lowest BCUT2D eigenvalue weighted by Crippen LogP contribution is -2.21. The quantitative estimate of drug-likeness (QED) is 0.572. The van der Waals surface area contributed by atoms with E-state index in [4.69, 9.17) is 5.73 Å². The van der Waals surface area contributed by atoms with E-state index in [1.807, 2.05) is 0 Å². The summed E-state index contributed by atoms with van der Waals surface area (Å²) in [6.07, 6.45) is 2.88. The monoisotopic (exact) mass is 160 g/mol. The van der Waals surface area contributed by atoms with Gasteiger partial charge in [-0.25, -0.2) is 4.39 Å². The van der Waals surface area contributed by atoms with Crippen molar-refractivity contribution in [3.05, 3.63) is 12.2 Å². The third-order valence-electron chi connectivity index (χ3n) is 1.17. The summed E-state index contributed by atoms with van der Waals surface area (Å²) in [6, 6.07) is 0. The Kier molecular flexibility index (Phi) is 5.37. The molecule has 64 valence electrons. The maximum Gasteiger partial charge on any atom is 0.241 e. The minimum Gasteiger partial charge on any atom is -0.366 e. The lowest BCUT2D eigenvalue weighted by molar-refractivity contribution is -0.113. The highest BCUT2D eigenvalue weighted by atomic mass is 19.1. The molecular weight excluding hydrogens is 147 g/mol. The summed E-state index contributed by atoms with van der Waals surface area (Å²) in [7, 11) is 1.77. The zero-order chi connectivity index (χ0) is 8.69. The summed E-state index contributed by atoms with van der Waals surface area (Å²) >= 11 is 0. The first-order valence-corrected chi connectivity index (χ1v) is 3.37. The first-order valence-electron chi connectivity index (χ1n) is 3.37. The lowest BCUT2D eigenvalue weighted by atomic mass is 10.4. The van der Waals surface area contributed by atoms with Crippen molar-refractivity contribution in [1.82, 2.24) is 4.90 Å². The topological polar surface area (TPSA) is 46.3 Å². The largest absolute Gasteiger partial charge is 0.366 e. The van der Waals surface area contributed by atoms with Gasteiger partial charge >= 0.3 is 0 Å². The van der Waals surface area contributed by atoms with Crippen molar-refractivity contribution in [3.8, 4) is 0 Å². The van der Waals surface area contributed by atoms with Gasteiger partial charge in [-0.05, 0) is 13.1 Å². The van der Waals surface area contributed by atoms with Crippen LogP contribution in [0.5, 0.6) is 0 Å². The molecule has 0 saturated heterocycles. The number of primary amides is 1. The van der Waals surface area contributed by atoms with Crippen LogP contribution in [0.2, 0.25) is 0 Å². The molecule has 0 bridgehead atoms. The fraction of sp³-hybridized carbons (Fsp3) is 0.571. The number of halogens is 1. The fourth-order valence-electron chi connectivity index (χ4n) is 0.584. The average molecular weight is 160 g/mol. The highest BCUT2D eigenvalue weighted by molar-refractivity contribution is 5.85. The minimum atomic E-state index is -0.473. The second-order valence-corrected chi connectivity index (χ2v) is 2.26. The number of nitrogens with zero attached hydrogens (tertiary/aromatic N) is 1. The van der Waals surface area contributed by atoms with Crippen molar-refractivity contribution < 1.29 is 9.18 Å². The molecule has 0 radical (unpaired) electrons. The van der Waals surface area contributed by atoms with E-state index < -0.39 is 5.91 Å². The predicted molar refractivity (Wildman–Crippen MR) is 41.8 cm³/mol. The third-order valence-corrected chi connectivity index (χ3v) is 1.17. The first kappa shape index (κ1) is 10.1. The molecule has 0 aliphatic carbocycles. The van der Waals surface area contributed by atoms with E-state index in [0.717, 1.165) is 0 Å². The molecule has 0 unspecified atom stereocenters. The van der Waals surface area contributed by atoms with Crippen LogP contribution in [-0.4, -0.2) is 37.6 Å². The predicted octanol–water partition coefficient (Wildman–Crippen LogP) is -0.0708. The Bertz CT molecular complexity index is 147. The van der Waals surface area contributed by atoms with Gasteiger partial charge in [-0.1, -0.05) is 6.08 Å². The molecule has 1 amide bonds. The van der Waals surface area contributed by atoms with Gasteiger partial charge in [0.25, 0.3) is 0 Å². The Morgan fingerprint density at radius 2 is 2.36 bits per heavy atom. The number of amides is 1. The van der Waals surface area contributed by atoms with Crippen molar-refractivity contribution in [2.24, 2.45) is 5.73 Å². The number of carbonyl (C=O) groups excluding carboxylic acids is 1. The highest BCUT2D eigenvalue weighted by Crippen LogP contribution is 1.83. The van der Waals surface area contributed by atoms with Crippen LogP contribution in [0.4, 0.5) is 4.39 Å². The van der Waals surface area contributed by atoms with E-state index in [1.54, 1.807) is 18.0 Å². The van der Waals surface area contributed by atoms with Crippen LogP contribution in [0.25, 0.3) is 0 Å². The molecule has 4 heteroatoms. The van der Waals surface area contributed by atoms with Crippen LogP contribution < -0.4 is 5.73 Å². The van der Waals surface area contributed by atoms with Gasteiger partial charge in [0, 0.05) is 13.1 Å². The first-order chi connectivity index (χ1) is 5.16. The molecule has 0 aromatic heterocycles. The van der Waals surface area contributed by atoms with Crippen LogP contribution in [0, 0.1) is 0 Å². The molecule has 0 spiro atoms. The number of alkyl halides is 1. The zero-order valence-electron chi connectivity index (χ0n) is 6.59. The molecule has 0 atom stereocenters. The van der Waals surface area contributed by atoms with Gasteiger partial charge in [0.2, 0.25) is 5.91 Å². The van der Waals surface area contributed by atoms with Crippen LogP contribution in [-0.2, 0) is 4.79 Å². The van der Waals surface area contributed by atoms with E-state index in [0.29, 0.717) is 13.1 Å². The lowest BCUT2D eigenvalue weighted by Gasteiger charge is -2.10. The van der Waals surface area contributed by atoms with E-state index in [2.05, 4.69) is 0 Å². The van der Waals surface area contributed by atoms with Gasteiger partial charge in [0.1, 0.15) is 6.67 Å². The standard InChI is InChI=1S/C7H13FN2O/c1-10(6-4-8)5-2-3-7(9)11/h2-3H,4-6H2,1H3,(H2,9,11)/b3-2+. The SMILES string of the molecule is CN(C/C=C/C(N)=O)CCF. The second-order valence-electron chi connectivity index (χ2n) is 2.26. The Hall–Kier alpha value is -0.900. The second kappa shape index (κ2) is 5.85. The van der Waals surface area contributed by atoms with Crippen LogP contribution in [0.1, 0.15) is 0 Å². The minimum absolute atomic E-state index is 0.374. The average Bonchev–Trinajstić information content (AvgIpc) is 1.87. The number of carbonyl (C=O) groups is 1. The smallest absolute Gasteiger partial charge is 0.241 e. The van der Waals surface area contributed by atoms with Crippen molar-refractivity contribution in [3.63, 3.8) is 0 Å². The Morgan fingerprint density at radius 1 is 1.73 bits per heavy atom. The van der Waals surface area contributed by atoms with Crippen molar-refractivity contribution >= 4 is 5.91 Å². The molecule has 0 fully saturated rings. The summed E-state index contributed by atoms with van der Waals surface area (Å²) in [6.45, 7) is 0.552. The van der Waals surface area contributed by atoms with Gasteiger partial charge in [-0.3, -0.25) is 4.79 Å². The molecule has 0 aromatic carbocycles. The van der Waals surface area contributed by atoms with Gasteiger partial charge < -0.3 is 10.6 Å². The van der Waals surface area contributed by atoms with Crippen LogP contribution >= 0.6 is 0 Å². The van der Waals surface area contributed by atoms with Gasteiger partial charge in [0.05, 0.1) is 0 Å². The maximum atomic E-state index is 11.7. The maximum absolute atomic E-state index is 11.7. The Balaban J connectivity index is 3.44. The number of hydrogen-bond acceptors (Lipinski definition) is 2. The highest BCUT2D eigenvalue weighted by Gasteiger charge is 1.92.